The zero-order valence-corrected chi connectivity index (χ0v) is 21.3. The molecule has 4 aliphatic rings. The molecule has 4 N–H and O–H groups in total. The van der Waals surface area contributed by atoms with Crippen molar-refractivity contribution in [1.82, 2.24) is 29.4 Å². The van der Waals surface area contributed by atoms with Gasteiger partial charge in [0.05, 0.1) is 26.7 Å². The Bertz CT molecular complexity index is 1220. The summed E-state index contributed by atoms with van der Waals surface area (Å²) in [7, 11) is 0. The van der Waals surface area contributed by atoms with Gasteiger partial charge in [0.25, 0.3) is 0 Å². The van der Waals surface area contributed by atoms with E-state index in [2.05, 4.69) is 0 Å². The molecule has 4 saturated heterocycles. The van der Waals surface area contributed by atoms with Crippen LogP contribution in [0.3, 0.4) is 0 Å². The first-order chi connectivity index (χ1) is 19.1. The Kier molecular flexibility index (Phi) is 6.15. The van der Waals surface area contributed by atoms with Crippen molar-refractivity contribution in [1.29, 1.82) is 0 Å². The summed E-state index contributed by atoms with van der Waals surface area (Å²) in [6.45, 7) is -0.0594. The maximum absolute atomic E-state index is 13.6. The minimum atomic E-state index is -1.10. The number of carbonyl (C=O) groups is 4. The van der Waals surface area contributed by atoms with Gasteiger partial charge in [0.1, 0.15) is 23.6 Å². The smallest absolute Gasteiger partial charge is 0.325 e. The molecule has 0 saturated carbocycles. The molecule has 6 rings (SSSR count). The summed E-state index contributed by atoms with van der Waals surface area (Å²) in [5.74, 6) is -2.09. The van der Waals surface area contributed by atoms with Crippen molar-refractivity contribution in [3.05, 3.63) is 59.7 Å². The second-order valence-corrected chi connectivity index (χ2v) is 10.5. The Balaban J connectivity index is 1.24. The van der Waals surface area contributed by atoms with Gasteiger partial charge in [0.2, 0.25) is 0 Å². The van der Waals surface area contributed by atoms with Gasteiger partial charge in [-0.3, -0.25) is 39.0 Å². The molecular weight excluding hydrogens is 524 g/mol. The zero-order valence-electron chi connectivity index (χ0n) is 21.3. The lowest BCUT2D eigenvalue weighted by Crippen LogP contribution is -2.64. The lowest BCUT2D eigenvalue weighted by atomic mass is 10.0. The third-order valence-corrected chi connectivity index (χ3v) is 8.05. The number of phenolic OH excluding ortho intramolecular Hbond substituents is 2. The van der Waals surface area contributed by atoms with Crippen molar-refractivity contribution >= 4 is 24.0 Å². The van der Waals surface area contributed by atoms with Crippen LogP contribution in [0, 0.1) is 0 Å². The molecule has 40 heavy (non-hydrogen) atoms. The highest BCUT2D eigenvalue weighted by Crippen LogP contribution is 2.40. The van der Waals surface area contributed by atoms with Crippen molar-refractivity contribution in [3.8, 4) is 11.5 Å². The summed E-state index contributed by atoms with van der Waals surface area (Å²) in [6.07, 6.45) is -1.01. The number of aromatic hydroxyl groups is 2. The van der Waals surface area contributed by atoms with Crippen LogP contribution in [0.1, 0.15) is 11.1 Å². The summed E-state index contributed by atoms with van der Waals surface area (Å²) in [5.41, 5.74) is 1.36. The summed E-state index contributed by atoms with van der Waals surface area (Å²) in [5, 5.41) is 39.2. The molecule has 0 radical (unpaired) electrons. The molecule has 14 nitrogen and oxygen atoms in total. The number of aliphatic carboxylic acids is 2. The number of phenols is 2. The van der Waals surface area contributed by atoms with E-state index in [4.69, 9.17) is 0 Å². The van der Waals surface area contributed by atoms with Gasteiger partial charge in [-0.25, -0.2) is 9.59 Å². The fourth-order valence-electron chi connectivity index (χ4n) is 6.06. The summed E-state index contributed by atoms with van der Waals surface area (Å²) >= 11 is 0. The van der Waals surface area contributed by atoms with Crippen LogP contribution in [0.15, 0.2) is 48.5 Å². The Labute approximate surface area is 228 Å². The van der Waals surface area contributed by atoms with Gasteiger partial charge in [-0.15, -0.1) is 0 Å². The van der Waals surface area contributed by atoms with Crippen LogP contribution >= 0.6 is 0 Å². The quantitative estimate of drug-likeness (QED) is 0.359. The van der Waals surface area contributed by atoms with Crippen LogP contribution in [0.5, 0.6) is 11.5 Å². The molecule has 2 aromatic carbocycles. The third-order valence-electron chi connectivity index (χ3n) is 8.05. The molecule has 0 aliphatic carbocycles. The molecule has 0 spiro atoms. The first kappa shape index (κ1) is 25.7. The molecule has 2 unspecified atom stereocenters. The molecular formula is C26H28N6O8. The van der Waals surface area contributed by atoms with E-state index in [-0.39, 0.29) is 51.0 Å². The van der Waals surface area contributed by atoms with Gasteiger partial charge in [-0.1, -0.05) is 24.3 Å². The van der Waals surface area contributed by atoms with Crippen molar-refractivity contribution in [2.24, 2.45) is 0 Å². The zero-order chi connectivity index (χ0) is 28.3. The Morgan fingerprint density at radius 2 is 0.925 bits per heavy atom. The van der Waals surface area contributed by atoms with E-state index in [1.54, 1.807) is 34.1 Å². The van der Waals surface area contributed by atoms with Crippen LogP contribution in [0.2, 0.25) is 0 Å². The molecule has 4 heterocycles. The predicted molar refractivity (Wildman–Crippen MR) is 135 cm³/mol. The highest BCUT2D eigenvalue weighted by molar-refractivity contribution is 5.86. The first-order valence-electron chi connectivity index (χ1n) is 12.8. The summed E-state index contributed by atoms with van der Waals surface area (Å²) < 4.78 is 0. The van der Waals surface area contributed by atoms with Gasteiger partial charge in [0.15, 0.2) is 12.3 Å². The van der Waals surface area contributed by atoms with E-state index >= 15 is 0 Å². The van der Waals surface area contributed by atoms with Crippen LogP contribution in [-0.2, 0) is 22.4 Å². The Morgan fingerprint density at radius 3 is 1.20 bits per heavy atom. The Morgan fingerprint density at radius 1 is 0.625 bits per heavy atom. The molecule has 4 amide bonds. The van der Waals surface area contributed by atoms with Crippen LogP contribution in [0.25, 0.3) is 0 Å². The number of urea groups is 2. The van der Waals surface area contributed by atoms with Gasteiger partial charge < -0.3 is 20.4 Å². The minimum absolute atomic E-state index is 0.0148. The molecule has 210 valence electrons. The van der Waals surface area contributed by atoms with E-state index in [0.717, 1.165) is 0 Å². The summed E-state index contributed by atoms with van der Waals surface area (Å²) in [4.78, 5) is 60.8. The molecule has 0 bridgehead atoms. The average molecular weight is 553 g/mol. The normalized spacial score (nSPS) is 23.9. The maximum atomic E-state index is 13.6. The predicted octanol–water partition coefficient (Wildman–Crippen LogP) is 0.378. The van der Waals surface area contributed by atoms with Crippen molar-refractivity contribution in [2.45, 2.75) is 37.3 Å². The summed E-state index contributed by atoms with van der Waals surface area (Å²) in [6, 6.07) is 9.51. The number of carboxylic acid groups (broad SMARTS) is 2. The lowest BCUT2D eigenvalue weighted by Gasteiger charge is -2.44. The second kappa shape index (κ2) is 9.57. The average Bonchev–Trinajstić information content (AvgIpc) is 3.38. The topological polar surface area (TPSA) is 169 Å². The monoisotopic (exact) mass is 552 g/mol. The number of benzene rings is 2. The lowest BCUT2D eigenvalue weighted by molar-refractivity contribution is -0.149. The fourth-order valence-corrected chi connectivity index (χ4v) is 6.06. The van der Waals surface area contributed by atoms with Crippen LogP contribution in [-0.4, -0.2) is 125 Å². The van der Waals surface area contributed by atoms with E-state index < -0.39 is 48.4 Å². The highest BCUT2D eigenvalue weighted by atomic mass is 16.4. The first-order valence-corrected chi connectivity index (χ1v) is 12.8. The molecule has 0 aromatic heterocycles. The van der Waals surface area contributed by atoms with Gasteiger partial charge in [0, 0.05) is 0 Å². The molecule has 4 fully saturated rings. The number of hydrogen-bond acceptors (Lipinski definition) is 8. The van der Waals surface area contributed by atoms with E-state index in [9.17, 15) is 39.6 Å². The number of hydrogen-bond donors (Lipinski definition) is 4. The van der Waals surface area contributed by atoms with E-state index in [1.807, 2.05) is 0 Å². The number of rotatable bonds is 8. The fraction of sp³-hybridized carbons (Fsp3) is 0.385. The largest absolute Gasteiger partial charge is 0.508 e. The number of carbonyl (C=O) groups excluding carboxylic acids is 2. The standard InChI is InChI=1S/C26H28N6O8/c33-17-5-1-15(2-6-17)9-19(23(35)36)27-11-29-21-22-31(25(29)39)13-28(14-32(22)26(40)30(21)12-27)20(24(37)38)10-16-3-7-18(34)8-4-16/h1-8,19-22,33-34H,9-14H2,(H,35,36)(H,37,38). The number of nitrogens with zero attached hydrogens (tertiary/aromatic N) is 6. The SMILES string of the molecule is O=C(O)C(Cc1ccc(O)cc1)N1CN2C(=O)N3CN(C(Cc4ccc(O)cc4)C(=O)O)CN4C(=O)N(C1)C2C34. The third kappa shape index (κ3) is 4.21. The highest BCUT2D eigenvalue weighted by Gasteiger charge is 2.64. The van der Waals surface area contributed by atoms with Gasteiger partial charge in [-0.2, -0.15) is 0 Å². The van der Waals surface area contributed by atoms with Crippen molar-refractivity contribution in [3.63, 3.8) is 0 Å². The van der Waals surface area contributed by atoms with E-state index in [0.29, 0.717) is 11.1 Å². The number of carboxylic acids is 2. The Hall–Kier alpha value is -4.56. The van der Waals surface area contributed by atoms with Crippen molar-refractivity contribution < 1.29 is 39.6 Å². The maximum Gasteiger partial charge on any atom is 0.325 e. The van der Waals surface area contributed by atoms with Gasteiger partial charge in [-0.05, 0) is 48.2 Å². The van der Waals surface area contributed by atoms with Crippen molar-refractivity contribution in [2.75, 3.05) is 26.7 Å². The van der Waals surface area contributed by atoms with Gasteiger partial charge >= 0.3 is 24.0 Å². The number of amides is 4. The molecule has 4 aliphatic heterocycles. The second-order valence-electron chi connectivity index (χ2n) is 10.5. The molecule has 2 atom stereocenters. The molecule has 14 heteroatoms. The van der Waals surface area contributed by atoms with E-state index in [1.165, 1.54) is 43.9 Å². The molecule has 2 aromatic rings. The van der Waals surface area contributed by atoms with Crippen LogP contribution in [0.4, 0.5) is 9.59 Å². The van der Waals surface area contributed by atoms with Crippen LogP contribution < -0.4 is 0 Å². The minimum Gasteiger partial charge on any atom is -0.508 e.